The Kier molecular flexibility index (Phi) is 11.9. The predicted molar refractivity (Wildman–Crippen MR) is 139 cm³/mol. The summed E-state index contributed by atoms with van der Waals surface area (Å²) in [6.07, 6.45) is 1.24. The van der Waals surface area contributed by atoms with Crippen molar-refractivity contribution in [1.29, 1.82) is 0 Å². The number of nitrogens with one attached hydrogen (secondary N) is 3. The quantitative estimate of drug-likeness (QED) is 0.288. The SMILES string of the molecule is CC(C)CC(NC(=O)C(CCc1ccccc1)NC(=O)CCl)C(=O)NC(Cc1ccccc1)C(=O)O. The number of benzene rings is 2. The van der Waals surface area contributed by atoms with Crippen molar-refractivity contribution in [2.75, 3.05) is 5.88 Å². The number of carbonyl (C=O) groups excluding carboxylic acids is 3. The molecule has 2 aromatic carbocycles. The number of carbonyl (C=O) groups is 4. The summed E-state index contributed by atoms with van der Waals surface area (Å²) < 4.78 is 0. The van der Waals surface area contributed by atoms with Crippen LogP contribution in [0.5, 0.6) is 0 Å². The van der Waals surface area contributed by atoms with Crippen molar-refractivity contribution in [1.82, 2.24) is 16.0 Å². The van der Waals surface area contributed by atoms with E-state index >= 15 is 0 Å². The third kappa shape index (κ3) is 10.1. The topological polar surface area (TPSA) is 125 Å². The lowest BCUT2D eigenvalue weighted by Crippen LogP contribution is -2.56. The molecular weight excluding hydrogens is 482 g/mol. The van der Waals surface area contributed by atoms with E-state index < -0.39 is 41.8 Å². The van der Waals surface area contributed by atoms with Gasteiger partial charge >= 0.3 is 5.97 Å². The Labute approximate surface area is 216 Å². The lowest BCUT2D eigenvalue weighted by Gasteiger charge is -2.25. The number of hydrogen-bond donors (Lipinski definition) is 4. The van der Waals surface area contributed by atoms with Gasteiger partial charge in [0.2, 0.25) is 17.7 Å². The molecule has 36 heavy (non-hydrogen) atoms. The minimum absolute atomic E-state index is 0.0404. The first-order valence-corrected chi connectivity index (χ1v) is 12.5. The molecule has 9 heteroatoms. The van der Waals surface area contributed by atoms with Crippen LogP contribution in [0.25, 0.3) is 0 Å². The van der Waals surface area contributed by atoms with E-state index in [1.165, 1.54) is 0 Å². The molecule has 0 aliphatic heterocycles. The molecule has 0 fully saturated rings. The van der Waals surface area contributed by atoms with E-state index in [9.17, 15) is 24.3 Å². The van der Waals surface area contributed by atoms with Crippen LogP contribution < -0.4 is 16.0 Å². The number of rotatable bonds is 14. The van der Waals surface area contributed by atoms with Crippen LogP contribution in [0.3, 0.4) is 0 Å². The van der Waals surface area contributed by atoms with E-state index in [2.05, 4.69) is 16.0 Å². The maximum Gasteiger partial charge on any atom is 0.326 e. The summed E-state index contributed by atoms with van der Waals surface area (Å²) >= 11 is 5.63. The maximum absolute atomic E-state index is 13.2. The highest BCUT2D eigenvalue weighted by molar-refractivity contribution is 6.27. The van der Waals surface area contributed by atoms with E-state index in [0.29, 0.717) is 19.3 Å². The van der Waals surface area contributed by atoms with Gasteiger partial charge in [0.1, 0.15) is 24.0 Å². The molecule has 2 rings (SSSR count). The maximum atomic E-state index is 13.2. The molecule has 2 aromatic rings. The lowest BCUT2D eigenvalue weighted by atomic mass is 10.00. The number of hydrogen-bond acceptors (Lipinski definition) is 4. The number of carboxylic acid groups (broad SMARTS) is 1. The second-order valence-corrected chi connectivity index (χ2v) is 9.33. The van der Waals surface area contributed by atoms with Gasteiger partial charge in [0, 0.05) is 6.42 Å². The van der Waals surface area contributed by atoms with Gasteiger partial charge in [0.05, 0.1) is 0 Å². The second kappa shape index (κ2) is 14.9. The van der Waals surface area contributed by atoms with Crippen LogP contribution in [0, 0.1) is 5.92 Å². The molecule has 0 aliphatic carbocycles. The molecule has 0 radical (unpaired) electrons. The number of aliphatic carboxylic acids is 1. The molecule has 0 saturated carbocycles. The molecule has 0 saturated heterocycles. The minimum atomic E-state index is -1.17. The van der Waals surface area contributed by atoms with Crippen LogP contribution in [0.4, 0.5) is 0 Å². The van der Waals surface area contributed by atoms with Gasteiger partial charge in [-0.15, -0.1) is 11.6 Å². The van der Waals surface area contributed by atoms with E-state index in [1.54, 1.807) is 24.3 Å². The highest BCUT2D eigenvalue weighted by Gasteiger charge is 2.30. The Bertz CT molecular complexity index is 1000. The number of halogens is 1. The van der Waals surface area contributed by atoms with Crippen LogP contribution in [0.1, 0.15) is 37.8 Å². The number of amides is 3. The molecule has 3 unspecified atom stereocenters. The Balaban J connectivity index is 2.13. The van der Waals surface area contributed by atoms with Gasteiger partial charge in [0.25, 0.3) is 0 Å². The summed E-state index contributed by atoms with van der Waals surface area (Å²) in [5.74, 6) is -3.05. The van der Waals surface area contributed by atoms with Crippen LogP contribution in [0.15, 0.2) is 60.7 Å². The first kappa shape index (κ1) is 28.8. The molecule has 0 spiro atoms. The average molecular weight is 516 g/mol. The highest BCUT2D eigenvalue weighted by Crippen LogP contribution is 2.10. The third-order valence-corrected chi connectivity index (χ3v) is 5.82. The monoisotopic (exact) mass is 515 g/mol. The Morgan fingerprint density at radius 3 is 1.83 bits per heavy atom. The fraction of sp³-hybridized carbons (Fsp3) is 0.407. The van der Waals surface area contributed by atoms with Gasteiger partial charge in [-0.2, -0.15) is 0 Å². The summed E-state index contributed by atoms with van der Waals surface area (Å²) in [6.45, 7) is 3.79. The summed E-state index contributed by atoms with van der Waals surface area (Å²) in [6, 6.07) is 15.5. The fourth-order valence-electron chi connectivity index (χ4n) is 3.75. The average Bonchev–Trinajstić information content (AvgIpc) is 2.86. The van der Waals surface area contributed by atoms with E-state index in [-0.39, 0.29) is 18.2 Å². The molecule has 4 N–H and O–H groups in total. The van der Waals surface area contributed by atoms with Crippen LogP contribution in [-0.4, -0.2) is 52.8 Å². The molecule has 3 atom stereocenters. The first-order chi connectivity index (χ1) is 17.2. The zero-order valence-electron chi connectivity index (χ0n) is 20.6. The van der Waals surface area contributed by atoms with E-state index in [0.717, 1.165) is 11.1 Å². The van der Waals surface area contributed by atoms with Crippen molar-refractivity contribution in [3.05, 3.63) is 71.8 Å². The van der Waals surface area contributed by atoms with Crippen molar-refractivity contribution < 1.29 is 24.3 Å². The number of alkyl halides is 1. The van der Waals surface area contributed by atoms with Crippen LogP contribution in [-0.2, 0) is 32.0 Å². The minimum Gasteiger partial charge on any atom is -0.480 e. The first-order valence-electron chi connectivity index (χ1n) is 12.0. The van der Waals surface area contributed by atoms with Crippen molar-refractivity contribution in [2.45, 2.75) is 57.7 Å². The van der Waals surface area contributed by atoms with Crippen molar-refractivity contribution in [2.24, 2.45) is 5.92 Å². The Hall–Kier alpha value is -3.39. The van der Waals surface area contributed by atoms with E-state index in [1.807, 2.05) is 50.2 Å². The van der Waals surface area contributed by atoms with E-state index in [4.69, 9.17) is 11.6 Å². The van der Waals surface area contributed by atoms with Crippen LogP contribution >= 0.6 is 11.6 Å². The van der Waals surface area contributed by atoms with Gasteiger partial charge < -0.3 is 21.1 Å². The molecular formula is C27H34ClN3O5. The van der Waals surface area contributed by atoms with Crippen molar-refractivity contribution >= 4 is 35.3 Å². The second-order valence-electron chi connectivity index (χ2n) is 9.06. The Morgan fingerprint density at radius 2 is 1.31 bits per heavy atom. The standard InChI is InChI=1S/C27H34ClN3O5/c1-18(2)15-22(26(34)31-23(27(35)36)16-20-11-7-4-8-12-20)30-25(33)21(29-24(32)17-28)14-13-19-9-5-3-6-10-19/h3-12,18,21-23H,13-17H2,1-2H3,(H,29,32)(H,30,33)(H,31,34)(H,35,36). The highest BCUT2D eigenvalue weighted by atomic mass is 35.5. The Morgan fingerprint density at radius 1 is 0.778 bits per heavy atom. The lowest BCUT2D eigenvalue weighted by molar-refractivity contribution is -0.142. The third-order valence-electron chi connectivity index (χ3n) is 5.57. The molecule has 3 amide bonds. The summed E-state index contributed by atoms with van der Waals surface area (Å²) in [4.78, 5) is 50.0. The normalized spacial score (nSPS) is 13.3. The van der Waals surface area contributed by atoms with Crippen LogP contribution in [0.2, 0.25) is 0 Å². The zero-order chi connectivity index (χ0) is 26.5. The summed E-state index contributed by atoms with van der Waals surface area (Å²) in [5.41, 5.74) is 1.76. The number of carboxylic acids is 1. The molecule has 0 bridgehead atoms. The van der Waals surface area contributed by atoms with Gasteiger partial charge in [0.15, 0.2) is 0 Å². The van der Waals surface area contributed by atoms with Gasteiger partial charge in [-0.1, -0.05) is 74.5 Å². The molecule has 194 valence electrons. The molecule has 0 aromatic heterocycles. The fourth-order valence-corrected chi connectivity index (χ4v) is 3.83. The predicted octanol–water partition coefficient (Wildman–Crippen LogP) is 2.69. The summed E-state index contributed by atoms with van der Waals surface area (Å²) in [7, 11) is 0. The summed E-state index contributed by atoms with van der Waals surface area (Å²) in [5, 5.41) is 17.6. The van der Waals surface area contributed by atoms with Gasteiger partial charge in [-0.05, 0) is 36.3 Å². The molecule has 8 nitrogen and oxygen atoms in total. The van der Waals surface area contributed by atoms with Gasteiger partial charge in [-0.25, -0.2) is 4.79 Å². The smallest absolute Gasteiger partial charge is 0.326 e. The van der Waals surface area contributed by atoms with Gasteiger partial charge in [-0.3, -0.25) is 14.4 Å². The largest absolute Gasteiger partial charge is 0.480 e. The van der Waals surface area contributed by atoms with Crippen molar-refractivity contribution in [3.8, 4) is 0 Å². The number of aryl methyl sites for hydroxylation is 1. The molecule has 0 heterocycles. The van der Waals surface area contributed by atoms with Crippen molar-refractivity contribution in [3.63, 3.8) is 0 Å². The molecule has 0 aliphatic rings. The zero-order valence-corrected chi connectivity index (χ0v) is 21.3.